The van der Waals surface area contributed by atoms with Crippen molar-refractivity contribution in [3.8, 4) is 0 Å². The summed E-state index contributed by atoms with van der Waals surface area (Å²) in [5.74, 6) is 0.295. The van der Waals surface area contributed by atoms with Gasteiger partial charge in [0.1, 0.15) is 5.78 Å². The highest BCUT2D eigenvalue weighted by Crippen LogP contribution is 2.69. The molecule has 0 saturated heterocycles. The third kappa shape index (κ3) is 3.50. The number of carboxylic acids is 1. The molecule has 4 aliphatic rings. The molecule has 6 atom stereocenters. The molecule has 0 unspecified atom stereocenters. The Morgan fingerprint density at radius 1 is 1.09 bits per heavy atom. The van der Waals surface area contributed by atoms with Gasteiger partial charge in [-0.1, -0.05) is 64.8 Å². The Balaban J connectivity index is 1.64. The molecule has 0 aromatic carbocycles. The van der Waals surface area contributed by atoms with E-state index < -0.39 is 5.97 Å². The first-order valence-electron chi connectivity index (χ1n) is 13.1. The number of carboxylic acid groups (broad SMARTS) is 1. The lowest BCUT2D eigenvalue weighted by Gasteiger charge is -2.59. The standard InChI is InChI=1S/C30H42O4/c1-18(26(33)34)16-20(31)17-19(2)28(5)14-15-30(7)22-8-10-23-27(3,4)25(32)12-13-29(23,6)21(22)9-11-24(28)30/h8,11,16,19,21,23H,9-10,12-15,17H2,1-7H3,(H,33,34)/b18-16+/t19-,21-,23+,28+,29-,30+/m1/s1. The van der Waals surface area contributed by atoms with Gasteiger partial charge in [0.2, 0.25) is 0 Å². The number of carbonyl (C=O) groups excluding carboxylic acids is 2. The van der Waals surface area contributed by atoms with Crippen molar-refractivity contribution in [2.75, 3.05) is 0 Å². The second-order valence-electron chi connectivity index (χ2n) is 13.0. The number of carbonyl (C=O) groups is 3. The lowest BCUT2D eigenvalue weighted by molar-refractivity contribution is -0.143. The lowest BCUT2D eigenvalue weighted by atomic mass is 9.44. The van der Waals surface area contributed by atoms with Crippen LogP contribution >= 0.6 is 0 Å². The minimum Gasteiger partial charge on any atom is -0.478 e. The van der Waals surface area contributed by atoms with E-state index in [9.17, 15) is 14.4 Å². The molecule has 2 saturated carbocycles. The summed E-state index contributed by atoms with van der Waals surface area (Å²) in [6, 6.07) is 0. The Labute approximate surface area is 205 Å². The van der Waals surface area contributed by atoms with Crippen LogP contribution in [0.15, 0.2) is 34.9 Å². The predicted molar refractivity (Wildman–Crippen MR) is 134 cm³/mol. The fraction of sp³-hybridized carbons (Fsp3) is 0.700. The third-order valence-electron chi connectivity index (χ3n) is 10.9. The molecule has 34 heavy (non-hydrogen) atoms. The first-order valence-corrected chi connectivity index (χ1v) is 13.1. The van der Waals surface area contributed by atoms with Crippen LogP contribution in [0.5, 0.6) is 0 Å². The quantitative estimate of drug-likeness (QED) is 0.361. The van der Waals surface area contributed by atoms with E-state index in [4.69, 9.17) is 5.11 Å². The van der Waals surface area contributed by atoms with E-state index in [1.54, 1.807) is 5.57 Å². The van der Waals surface area contributed by atoms with Crippen LogP contribution in [-0.4, -0.2) is 22.6 Å². The summed E-state index contributed by atoms with van der Waals surface area (Å²) in [4.78, 5) is 36.5. The van der Waals surface area contributed by atoms with E-state index in [1.165, 1.54) is 18.6 Å². The maximum Gasteiger partial charge on any atom is 0.331 e. The van der Waals surface area contributed by atoms with Gasteiger partial charge in [0.15, 0.2) is 5.78 Å². The number of ketones is 2. The molecule has 0 heterocycles. The number of hydrogen-bond donors (Lipinski definition) is 1. The van der Waals surface area contributed by atoms with Crippen molar-refractivity contribution in [3.05, 3.63) is 34.9 Å². The molecule has 0 bridgehead atoms. The fourth-order valence-corrected chi connectivity index (χ4v) is 8.43. The lowest BCUT2D eigenvalue weighted by Crippen LogP contribution is -2.54. The van der Waals surface area contributed by atoms with Crippen LogP contribution in [0.4, 0.5) is 0 Å². The van der Waals surface area contributed by atoms with Crippen LogP contribution < -0.4 is 0 Å². The SMILES string of the molecule is C/C(=C\C(=O)C[C@@H](C)[C@]1(C)CC[C@@]2(C)C3=CC[C@H]4C(C)(C)C(=O)CC[C@]4(C)[C@@H]3CC=C21)C(=O)O. The average Bonchev–Trinajstić information content (AvgIpc) is 3.03. The molecule has 4 nitrogen and oxygen atoms in total. The summed E-state index contributed by atoms with van der Waals surface area (Å²) in [6.45, 7) is 15.1. The fourth-order valence-electron chi connectivity index (χ4n) is 8.43. The molecular weight excluding hydrogens is 424 g/mol. The van der Waals surface area contributed by atoms with Crippen LogP contribution in [0.3, 0.4) is 0 Å². The summed E-state index contributed by atoms with van der Waals surface area (Å²) in [5.41, 5.74) is 2.99. The van der Waals surface area contributed by atoms with Gasteiger partial charge in [-0.05, 0) is 73.7 Å². The van der Waals surface area contributed by atoms with Gasteiger partial charge in [-0.3, -0.25) is 9.59 Å². The van der Waals surface area contributed by atoms with E-state index in [-0.39, 0.29) is 38.9 Å². The normalized spacial score (nSPS) is 39.9. The maximum absolute atomic E-state index is 12.8. The molecular formula is C30H42O4. The highest BCUT2D eigenvalue weighted by molar-refractivity contribution is 5.98. The van der Waals surface area contributed by atoms with Crippen LogP contribution in [-0.2, 0) is 14.4 Å². The molecule has 0 aliphatic heterocycles. The molecule has 0 aromatic heterocycles. The highest BCUT2D eigenvalue weighted by Gasteiger charge is 2.61. The van der Waals surface area contributed by atoms with Gasteiger partial charge >= 0.3 is 5.97 Å². The summed E-state index contributed by atoms with van der Waals surface area (Å²) in [5, 5.41) is 9.12. The zero-order chi connectivity index (χ0) is 25.3. The topological polar surface area (TPSA) is 71.4 Å². The molecule has 0 spiro atoms. The maximum atomic E-state index is 12.8. The average molecular weight is 467 g/mol. The van der Waals surface area contributed by atoms with Crippen LogP contribution in [0.25, 0.3) is 0 Å². The van der Waals surface area contributed by atoms with Gasteiger partial charge < -0.3 is 5.11 Å². The van der Waals surface area contributed by atoms with Crippen LogP contribution in [0, 0.1) is 39.4 Å². The molecule has 4 heteroatoms. The Morgan fingerprint density at radius 3 is 2.41 bits per heavy atom. The summed E-state index contributed by atoms with van der Waals surface area (Å²) in [7, 11) is 0. The van der Waals surface area contributed by atoms with E-state index in [2.05, 4.69) is 53.7 Å². The largest absolute Gasteiger partial charge is 0.478 e. The van der Waals surface area contributed by atoms with Crippen molar-refractivity contribution in [2.45, 2.75) is 93.4 Å². The molecule has 186 valence electrons. The Hall–Kier alpha value is -1.97. The zero-order valence-corrected chi connectivity index (χ0v) is 22.1. The smallest absolute Gasteiger partial charge is 0.331 e. The van der Waals surface area contributed by atoms with Gasteiger partial charge in [0.25, 0.3) is 0 Å². The Bertz CT molecular complexity index is 1030. The summed E-state index contributed by atoms with van der Waals surface area (Å²) < 4.78 is 0. The van der Waals surface area contributed by atoms with Crippen molar-refractivity contribution in [1.29, 1.82) is 0 Å². The van der Waals surface area contributed by atoms with Crippen molar-refractivity contribution in [1.82, 2.24) is 0 Å². The number of hydrogen-bond acceptors (Lipinski definition) is 3. The number of aliphatic carboxylic acids is 1. The van der Waals surface area contributed by atoms with Crippen molar-refractivity contribution in [3.63, 3.8) is 0 Å². The molecule has 2 fully saturated rings. The number of fused-ring (bicyclic) bond motifs is 5. The van der Waals surface area contributed by atoms with Crippen molar-refractivity contribution >= 4 is 17.5 Å². The van der Waals surface area contributed by atoms with Gasteiger partial charge in [-0.25, -0.2) is 4.79 Å². The minimum absolute atomic E-state index is 0.0153. The van der Waals surface area contributed by atoms with Gasteiger partial charge in [-0.2, -0.15) is 0 Å². The van der Waals surface area contributed by atoms with Crippen LogP contribution in [0.2, 0.25) is 0 Å². The molecule has 0 radical (unpaired) electrons. The zero-order valence-electron chi connectivity index (χ0n) is 22.1. The van der Waals surface area contributed by atoms with E-state index in [1.807, 2.05) is 0 Å². The third-order valence-corrected chi connectivity index (χ3v) is 10.9. The molecule has 0 aromatic rings. The summed E-state index contributed by atoms with van der Waals surface area (Å²) >= 11 is 0. The minimum atomic E-state index is -1.04. The number of Topliss-reactive ketones (excluding diaryl/α,β-unsaturated/α-hetero) is 1. The van der Waals surface area contributed by atoms with Crippen molar-refractivity contribution in [2.24, 2.45) is 39.4 Å². The number of allylic oxidation sites excluding steroid dienone is 5. The second kappa shape index (κ2) is 8.03. The van der Waals surface area contributed by atoms with Gasteiger partial charge in [-0.15, -0.1) is 0 Å². The Morgan fingerprint density at radius 2 is 1.76 bits per heavy atom. The first kappa shape index (κ1) is 25.1. The van der Waals surface area contributed by atoms with Crippen LogP contribution in [0.1, 0.15) is 93.4 Å². The van der Waals surface area contributed by atoms with Gasteiger partial charge in [0.05, 0.1) is 0 Å². The first-order chi connectivity index (χ1) is 15.7. The van der Waals surface area contributed by atoms with E-state index in [0.29, 0.717) is 30.5 Å². The number of rotatable bonds is 5. The van der Waals surface area contributed by atoms with E-state index in [0.717, 1.165) is 32.1 Å². The van der Waals surface area contributed by atoms with E-state index >= 15 is 0 Å². The van der Waals surface area contributed by atoms with Crippen molar-refractivity contribution < 1.29 is 19.5 Å². The second-order valence-corrected chi connectivity index (χ2v) is 13.0. The highest BCUT2D eigenvalue weighted by atomic mass is 16.4. The molecule has 4 rings (SSSR count). The monoisotopic (exact) mass is 466 g/mol. The molecule has 4 aliphatic carbocycles. The predicted octanol–water partition coefficient (Wildman–Crippen LogP) is 6.71. The molecule has 0 amide bonds. The Kier molecular flexibility index (Phi) is 5.94. The summed E-state index contributed by atoms with van der Waals surface area (Å²) in [6.07, 6.45) is 12.4. The molecule has 1 N–H and O–H groups in total. The van der Waals surface area contributed by atoms with Gasteiger partial charge in [0, 0.05) is 29.2 Å².